The number of nitrogens with zero attached hydrogens (tertiary/aromatic N) is 1. The molecule has 3 heteroatoms. The third-order valence-corrected chi connectivity index (χ3v) is 1.47. The molecule has 0 unspecified atom stereocenters. The van der Waals surface area contributed by atoms with E-state index in [0.29, 0.717) is 5.75 Å². The molecule has 0 bridgehead atoms. The van der Waals surface area contributed by atoms with Crippen molar-refractivity contribution in [2.45, 2.75) is 6.92 Å². The zero-order valence-electron chi connectivity index (χ0n) is 6.92. The highest BCUT2D eigenvalue weighted by Crippen LogP contribution is 2.28. The van der Waals surface area contributed by atoms with Gasteiger partial charge in [0, 0.05) is 11.8 Å². The summed E-state index contributed by atoms with van der Waals surface area (Å²) in [5.41, 5.74) is 0.979. The molecule has 0 saturated heterocycles. The van der Waals surface area contributed by atoms with Gasteiger partial charge in [0.05, 0.1) is 20.4 Å². The maximum absolute atomic E-state index is 5.10. The van der Waals surface area contributed by atoms with Gasteiger partial charge in [-0.3, -0.25) is 4.98 Å². The topological polar surface area (TPSA) is 31.4 Å². The number of ether oxygens (including phenoxy) is 2. The van der Waals surface area contributed by atoms with Crippen LogP contribution in [0.5, 0.6) is 11.5 Å². The molecule has 1 rings (SSSR count). The van der Waals surface area contributed by atoms with Gasteiger partial charge in [0.15, 0.2) is 11.5 Å². The lowest BCUT2D eigenvalue weighted by molar-refractivity contribution is 0.351. The van der Waals surface area contributed by atoms with Gasteiger partial charge in [-0.25, -0.2) is 0 Å². The van der Waals surface area contributed by atoms with Crippen LogP contribution < -0.4 is 9.47 Å². The van der Waals surface area contributed by atoms with E-state index in [4.69, 9.17) is 9.47 Å². The molecule has 1 aromatic heterocycles. The molecule has 0 saturated carbocycles. The fourth-order valence-corrected chi connectivity index (χ4v) is 0.935. The second-order valence-corrected chi connectivity index (χ2v) is 2.19. The Balaban J connectivity index is 3.13. The van der Waals surface area contributed by atoms with Gasteiger partial charge in [-0.2, -0.15) is 0 Å². The Hall–Kier alpha value is -1.25. The lowest BCUT2D eigenvalue weighted by Gasteiger charge is -2.07. The Morgan fingerprint density at radius 2 is 1.91 bits per heavy atom. The number of aromatic nitrogens is 1. The van der Waals surface area contributed by atoms with E-state index in [1.807, 2.05) is 6.92 Å². The van der Waals surface area contributed by atoms with Gasteiger partial charge in [-0.1, -0.05) is 0 Å². The molecule has 60 valence electrons. The van der Waals surface area contributed by atoms with E-state index < -0.39 is 0 Å². The molecule has 0 amide bonds. The van der Waals surface area contributed by atoms with Crippen molar-refractivity contribution in [2.24, 2.45) is 0 Å². The molecular formula is C8H11NO2. The predicted molar refractivity (Wildman–Crippen MR) is 42.1 cm³/mol. The number of methoxy groups -OCH3 is 2. The quantitative estimate of drug-likeness (QED) is 0.643. The van der Waals surface area contributed by atoms with Crippen molar-refractivity contribution < 1.29 is 9.47 Å². The minimum Gasteiger partial charge on any atom is -0.492 e. The van der Waals surface area contributed by atoms with Gasteiger partial charge in [0.25, 0.3) is 0 Å². The summed E-state index contributed by atoms with van der Waals surface area (Å²) in [6.07, 6.45) is 3.37. The second kappa shape index (κ2) is 3.23. The first-order valence-electron chi connectivity index (χ1n) is 3.32. The number of aryl methyl sites for hydroxylation is 1. The minimum absolute atomic E-state index is 0.674. The van der Waals surface area contributed by atoms with Gasteiger partial charge < -0.3 is 9.47 Å². The first-order valence-corrected chi connectivity index (χ1v) is 3.32. The van der Waals surface area contributed by atoms with Crippen molar-refractivity contribution in [3.05, 3.63) is 18.0 Å². The van der Waals surface area contributed by atoms with E-state index in [9.17, 15) is 0 Å². The lowest BCUT2D eigenvalue weighted by Crippen LogP contribution is -1.93. The fourth-order valence-electron chi connectivity index (χ4n) is 0.935. The molecule has 0 aromatic carbocycles. The standard InChI is InChI=1S/C8H11NO2/c1-6-4-9-5-7(10-2)8(6)11-3/h4-5H,1-3H3. The highest BCUT2D eigenvalue weighted by Gasteiger charge is 2.04. The summed E-state index contributed by atoms with van der Waals surface area (Å²) >= 11 is 0. The Labute approximate surface area is 66.0 Å². The first kappa shape index (κ1) is 7.85. The average molecular weight is 153 g/mol. The third-order valence-electron chi connectivity index (χ3n) is 1.47. The molecule has 0 atom stereocenters. The average Bonchev–Trinajstić information content (AvgIpc) is 2.04. The van der Waals surface area contributed by atoms with Gasteiger partial charge in [0.2, 0.25) is 0 Å². The van der Waals surface area contributed by atoms with Gasteiger partial charge in [-0.15, -0.1) is 0 Å². The van der Waals surface area contributed by atoms with Crippen molar-refractivity contribution >= 4 is 0 Å². The van der Waals surface area contributed by atoms with Crippen LogP contribution in [0.1, 0.15) is 5.56 Å². The van der Waals surface area contributed by atoms with E-state index in [1.165, 1.54) is 0 Å². The summed E-state index contributed by atoms with van der Waals surface area (Å²) in [5, 5.41) is 0. The number of hydrogen-bond donors (Lipinski definition) is 0. The molecule has 0 aliphatic rings. The highest BCUT2D eigenvalue weighted by atomic mass is 16.5. The summed E-state index contributed by atoms with van der Waals surface area (Å²) in [5.74, 6) is 1.43. The Morgan fingerprint density at radius 1 is 1.18 bits per heavy atom. The summed E-state index contributed by atoms with van der Waals surface area (Å²) < 4.78 is 10.1. The van der Waals surface area contributed by atoms with Gasteiger partial charge >= 0.3 is 0 Å². The summed E-state index contributed by atoms with van der Waals surface area (Å²) in [6.45, 7) is 1.92. The molecular weight excluding hydrogens is 142 g/mol. The van der Waals surface area contributed by atoms with E-state index >= 15 is 0 Å². The van der Waals surface area contributed by atoms with Crippen LogP contribution in [0.25, 0.3) is 0 Å². The van der Waals surface area contributed by atoms with Crippen LogP contribution in [-0.4, -0.2) is 19.2 Å². The van der Waals surface area contributed by atoms with E-state index in [0.717, 1.165) is 11.3 Å². The molecule has 1 aromatic rings. The van der Waals surface area contributed by atoms with Crippen LogP contribution in [0.4, 0.5) is 0 Å². The Bertz CT molecular complexity index is 248. The summed E-state index contributed by atoms with van der Waals surface area (Å²) in [4.78, 5) is 3.96. The van der Waals surface area contributed by atoms with Crippen molar-refractivity contribution in [1.82, 2.24) is 4.98 Å². The minimum atomic E-state index is 0.674. The predicted octanol–water partition coefficient (Wildman–Crippen LogP) is 1.41. The summed E-state index contributed by atoms with van der Waals surface area (Å²) in [7, 11) is 3.21. The fraction of sp³-hybridized carbons (Fsp3) is 0.375. The van der Waals surface area contributed by atoms with Crippen LogP contribution in [0, 0.1) is 6.92 Å². The van der Waals surface area contributed by atoms with Crippen molar-refractivity contribution in [1.29, 1.82) is 0 Å². The van der Waals surface area contributed by atoms with Crippen LogP contribution in [0.3, 0.4) is 0 Å². The van der Waals surface area contributed by atoms with Gasteiger partial charge in [0.1, 0.15) is 0 Å². The molecule has 11 heavy (non-hydrogen) atoms. The van der Waals surface area contributed by atoms with E-state index in [1.54, 1.807) is 26.6 Å². The SMILES string of the molecule is COc1cncc(C)c1OC. The number of pyridine rings is 1. The van der Waals surface area contributed by atoms with Gasteiger partial charge in [-0.05, 0) is 6.92 Å². The van der Waals surface area contributed by atoms with Crippen LogP contribution in [0.2, 0.25) is 0 Å². The maximum atomic E-state index is 5.10. The van der Waals surface area contributed by atoms with E-state index in [2.05, 4.69) is 4.98 Å². The number of hydrogen-bond acceptors (Lipinski definition) is 3. The first-order chi connectivity index (χ1) is 5.29. The van der Waals surface area contributed by atoms with Crippen LogP contribution in [-0.2, 0) is 0 Å². The third kappa shape index (κ3) is 1.42. The zero-order valence-corrected chi connectivity index (χ0v) is 6.92. The van der Waals surface area contributed by atoms with Crippen LogP contribution in [0.15, 0.2) is 12.4 Å². The molecule has 0 radical (unpaired) electrons. The lowest BCUT2D eigenvalue weighted by atomic mass is 10.3. The zero-order chi connectivity index (χ0) is 8.27. The molecule has 0 spiro atoms. The second-order valence-electron chi connectivity index (χ2n) is 2.19. The molecule has 0 fully saturated rings. The molecule has 3 nitrogen and oxygen atoms in total. The van der Waals surface area contributed by atoms with Crippen LogP contribution >= 0.6 is 0 Å². The van der Waals surface area contributed by atoms with E-state index in [-0.39, 0.29) is 0 Å². The Kier molecular flexibility index (Phi) is 2.31. The molecule has 0 aliphatic carbocycles. The number of rotatable bonds is 2. The largest absolute Gasteiger partial charge is 0.492 e. The molecule has 0 aliphatic heterocycles. The summed E-state index contributed by atoms with van der Waals surface area (Å²) in [6, 6.07) is 0. The normalized spacial score (nSPS) is 9.36. The smallest absolute Gasteiger partial charge is 0.179 e. The molecule has 1 heterocycles. The highest BCUT2D eigenvalue weighted by molar-refractivity contribution is 5.42. The monoisotopic (exact) mass is 153 g/mol. The maximum Gasteiger partial charge on any atom is 0.179 e. The van der Waals surface area contributed by atoms with Crippen molar-refractivity contribution in [2.75, 3.05) is 14.2 Å². The molecule has 0 N–H and O–H groups in total. The van der Waals surface area contributed by atoms with Crippen molar-refractivity contribution in [3.63, 3.8) is 0 Å². The van der Waals surface area contributed by atoms with Crippen molar-refractivity contribution in [3.8, 4) is 11.5 Å². The Morgan fingerprint density at radius 3 is 2.36 bits per heavy atom.